The van der Waals surface area contributed by atoms with Gasteiger partial charge in [-0.15, -0.1) is 0 Å². The number of hydrogen-bond acceptors (Lipinski definition) is 7. The third-order valence-corrected chi connectivity index (χ3v) is 7.67. The van der Waals surface area contributed by atoms with Crippen LogP contribution < -0.4 is 16.5 Å². The highest BCUT2D eigenvalue weighted by Crippen LogP contribution is 2.15. The first-order chi connectivity index (χ1) is 20.6. The number of hydrogen-bond donors (Lipinski definition) is 3. The van der Waals surface area contributed by atoms with E-state index in [4.69, 9.17) is 10.5 Å². The minimum Gasteiger partial charge on any atom is -0.462 e. The van der Waals surface area contributed by atoms with Gasteiger partial charge in [-0.1, -0.05) is 84.5 Å². The fraction of sp³-hybridized carbons (Fsp3) is 0.879. The number of esters is 1. The van der Waals surface area contributed by atoms with Gasteiger partial charge in [-0.05, 0) is 77.5 Å². The summed E-state index contributed by atoms with van der Waals surface area (Å²) in [5, 5.41) is 6.79. The minimum atomic E-state index is -0.0132. The molecule has 0 aromatic carbocycles. The highest BCUT2D eigenvalue weighted by molar-refractivity contribution is 5.77. The van der Waals surface area contributed by atoms with Crippen LogP contribution in [-0.4, -0.2) is 68.8 Å². The minimum absolute atomic E-state index is 0.0132. The number of nitrogens with zero attached hydrogens (tertiary/aromatic N) is 3. The Morgan fingerprint density at radius 3 is 2.10 bits per heavy atom. The van der Waals surface area contributed by atoms with Crippen molar-refractivity contribution in [3.63, 3.8) is 0 Å². The summed E-state index contributed by atoms with van der Waals surface area (Å²) in [6, 6.07) is 0. The van der Waals surface area contributed by atoms with E-state index < -0.39 is 0 Å². The van der Waals surface area contributed by atoms with Crippen molar-refractivity contribution in [1.82, 2.24) is 15.6 Å². The highest BCUT2D eigenvalue weighted by atomic mass is 16.5. The van der Waals surface area contributed by atoms with Crippen molar-refractivity contribution in [1.29, 1.82) is 0 Å². The predicted molar refractivity (Wildman–Crippen MR) is 178 cm³/mol. The average molecular weight is 595 g/mol. The monoisotopic (exact) mass is 595 g/mol. The van der Waals surface area contributed by atoms with Crippen molar-refractivity contribution < 1.29 is 14.3 Å². The van der Waals surface area contributed by atoms with Crippen LogP contribution in [0.2, 0.25) is 0 Å². The molecule has 0 saturated carbocycles. The van der Waals surface area contributed by atoms with Crippen LogP contribution in [0.15, 0.2) is 10.1 Å². The van der Waals surface area contributed by atoms with E-state index >= 15 is 0 Å². The van der Waals surface area contributed by atoms with E-state index in [0.717, 1.165) is 77.4 Å². The molecule has 9 nitrogen and oxygen atoms in total. The molecule has 0 amide bonds. The SMILES string of the molecule is C=NN/C(N)=N\CNCCCN(CCCCCCCC=O)CCCCCCCC(=O)OC(CC)CCCCCCCC. The fourth-order valence-corrected chi connectivity index (χ4v) is 5.07. The van der Waals surface area contributed by atoms with E-state index in [9.17, 15) is 9.59 Å². The molecule has 0 bridgehead atoms. The number of carbonyl (C=O) groups excluding carboxylic acids is 2. The average Bonchev–Trinajstić information content (AvgIpc) is 2.98. The standard InChI is InChI=1S/C33H66N6O3/c1-4-6-7-8-12-17-23-31(5-2)42-32(41)24-18-13-11-15-20-27-39(26-19-14-9-10-16-21-29-40)28-22-25-36-30-37-33(34)38-35-3/h29,31,36H,3-28,30H2,1-2H3,(H3,34,37,38). The molecule has 0 aliphatic rings. The molecule has 1 unspecified atom stereocenters. The predicted octanol–water partition coefficient (Wildman–Crippen LogP) is 6.70. The summed E-state index contributed by atoms with van der Waals surface area (Å²) in [6.07, 6.45) is 24.4. The van der Waals surface area contributed by atoms with Gasteiger partial charge in [0.2, 0.25) is 5.96 Å². The molecule has 246 valence electrons. The van der Waals surface area contributed by atoms with Crippen LogP contribution in [0.4, 0.5) is 0 Å². The Morgan fingerprint density at radius 1 is 0.857 bits per heavy atom. The lowest BCUT2D eigenvalue weighted by molar-refractivity contribution is -0.149. The van der Waals surface area contributed by atoms with Crippen molar-refractivity contribution in [3.05, 3.63) is 0 Å². The molecule has 0 fully saturated rings. The number of aliphatic imine (C=N–C) groups is 1. The van der Waals surface area contributed by atoms with Gasteiger partial charge in [0.25, 0.3) is 0 Å². The Kier molecular flexibility index (Phi) is 30.4. The molecular weight excluding hydrogens is 528 g/mol. The number of rotatable bonds is 32. The number of ether oxygens (including phenoxy) is 1. The van der Waals surface area contributed by atoms with Crippen LogP contribution in [0.3, 0.4) is 0 Å². The largest absolute Gasteiger partial charge is 0.462 e. The third-order valence-electron chi connectivity index (χ3n) is 7.67. The van der Waals surface area contributed by atoms with Crippen LogP contribution in [0.1, 0.15) is 149 Å². The van der Waals surface area contributed by atoms with Gasteiger partial charge < -0.3 is 20.2 Å². The number of hydrazone groups is 1. The normalized spacial score (nSPS) is 12.4. The number of nitrogens with one attached hydrogen (secondary N) is 2. The maximum Gasteiger partial charge on any atom is 0.306 e. The van der Waals surface area contributed by atoms with Gasteiger partial charge in [-0.2, -0.15) is 5.10 Å². The molecule has 0 rings (SSSR count). The quantitative estimate of drug-likeness (QED) is 0.0198. The molecule has 1 atom stereocenters. The van der Waals surface area contributed by atoms with Gasteiger partial charge in [-0.25, -0.2) is 10.4 Å². The van der Waals surface area contributed by atoms with Crippen LogP contribution in [0.25, 0.3) is 0 Å². The number of guanidine groups is 1. The van der Waals surface area contributed by atoms with Crippen molar-refractivity contribution in [2.24, 2.45) is 15.8 Å². The molecule has 0 aromatic rings. The van der Waals surface area contributed by atoms with Crippen molar-refractivity contribution in [2.45, 2.75) is 155 Å². The summed E-state index contributed by atoms with van der Waals surface area (Å²) < 4.78 is 5.76. The molecular formula is C33H66N6O3. The van der Waals surface area contributed by atoms with E-state index in [1.54, 1.807) is 0 Å². The first-order valence-electron chi connectivity index (χ1n) is 17.1. The van der Waals surface area contributed by atoms with E-state index in [1.165, 1.54) is 77.0 Å². The highest BCUT2D eigenvalue weighted by Gasteiger charge is 2.12. The molecule has 0 aliphatic carbocycles. The lowest BCUT2D eigenvalue weighted by Gasteiger charge is -2.22. The smallest absolute Gasteiger partial charge is 0.306 e. The van der Waals surface area contributed by atoms with Gasteiger partial charge in [-0.3, -0.25) is 10.1 Å². The summed E-state index contributed by atoms with van der Waals surface area (Å²) in [6.45, 7) is 12.3. The molecule has 0 saturated heterocycles. The number of carbonyl (C=O) groups is 2. The van der Waals surface area contributed by atoms with E-state index in [2.05, 4.69) is 46.3 Å². The van der Waals surface area contributed by atoms with E-state index in [-0.39, 0.29) is 18.0 Å². The molecule has 9 heteroatoms. The summed E-state index contributed by atoms with van der Waals surface area (Å²) in [4.78, 5) is 29.5. The molecule has 0 heterocycles. The number of unbranched alkanes of at least 4 members (excludes halogenated alkanes) is 14. The van der Waals surface area contributed by atoms with Crippen molar-refractivity contribution in [3.8, 4) is 0 Å². The Hall–Kier alpha value is -2.00. The fourth-order valence-electron chi connectivity index (χ4n) is 5.07. The van der Waals surface area contributed by atoms with Gasteiger partial charge in [0, 0.05) is 19.6 Å². The zero-order valence-corrected chi connectivity index (χ0v) is 27.4. The second kappa shape index (κ2) is 31.9. The third kappa shape index (κ3) is 28.1. The topological polar surface area (TPSA) is 121 Å². The second-order valence-electron chi connectivity index (χ2n) is 11.5. The van der Waals surface area contributed by atoms with Gasteiger partial charge >= 0.3 is 5.97 Å². The molecule has 0 spiro atoms. The van der Waals surface area contributed by atoms with Crippen LogP contribution >= 0.6 is 0 Å². The molecule has 0 aromatic heterocycles. The first kappa shape index (κ1) is 40.0. The summed E-state index contributed by atoms with van der Waals surface area (Å²) in [5.41, 5.74) is 8.16. The number of nitrogens with two attached hydrogens (primary N) is 1. The zero-order valence-electron chi connectivity index (χ0n) is 27.4. The lowest BCUT2D eigenvalue weighted by Crippen LogP contribution is -2.31. The van der Waals surface area contributed by atoms with Crippen LogP contribution in [-0.2, 0) is 14.3 Å². The van der Waals surface area contributed by atoms with Crippen molar-refractivity contribution >= 4 is 24.9 Å². The number of aldehydes is 1. The lowest BCUT2D eigenvalue weighted by atomic mass is 10.1. The van der Waals surface area contributed by atoms with Gasteiger partial charge in [0.1, 0.15) is 12.4 Å². The maximum absolute atomic E-state index is 12.3. The van der Waals surface area contributed by atoms with Crippen molar-refractivity contribution in [2.75, 3.05) is 32.8 Å². The Bertz CT molecular complexity index is 662. The Labute approximate surface area is 258 Å². The van der Waals surface area contributed by atoms with E-state index in [0.29, 0.717) is 19.5 Å². The van der Waals surface area contributed by atoms with Gasteiger partial charge in [0.05, 0.1) is 6.67 Å². The van der Waals surface area contributed by atoms with Crippen LogP contribution in [0.5, 0.6) is 0 Å². The Morgan fingerprint density at radius 2 is 1.45 bits per heavy atom. The molecule has 4 N–H and O–H groups in total. The van der Waals surface area contributed by atoms with Gasteiger partial charge in [0.15, 0.2) is 0 Å². The molecule has 0 aliphatic heterocycles. The van der Waals surface area contributed by atoms with Crippen LogP contribution in [0, 0.1) is 0 Å². The summed E-state index contributed by atoms with van der Waals surface area (Å²) >= 11 is 0. The summed E-state index contributed by atoms with van der Waals surface area (Å²) in [7, 11) is 0. The summed E-state index contributed by atoms with van der Waals surface area (Å²) in [5.74, 6) is 0.249. The maximum atomic E-state index is 12.3. The Balaban J connectivity index is 4.11. The first-order valence-corrected chi connectivity index (χ1v) is 17.1. The zero-order chi connectivity index (χ0) is 30.9. The molecule has 0 radical (unpaired) electrons. The molecule has 42 heavy (non-hydrogen) atoms. The second-order valence-corrected chi connectivity index (χ2v) is 11.5. The van der Waals surface area contributed by atoms with E-state index in [1.807, 2.05) is 0 Å².